The van der Waals surface area contributed by atoms with Crippen molar-refractivity contribution in [1.29, 1.82) is 0 Å². The predicted molar refractivity (Wildman–Crippen MR) is 74.9 cm³/mol. The summed E-state index contributed by atoms with van der Waals surface area (Å²) in [7, 11) is 0. The van der Waals surface area contributed by atoms with Crippen LogP contribution < -0.4 is 5.32 Å². The van der Waals surface area contributed by atoms with E-state index in [0.29, 0.717) is 26.2 Å². The number of piperazine rings is 1. The number of alkyl halides is 3. The SMILES string of the molecule is FC(F)(F)CN1CCN(CCNCc2cccnc2)CC1. The van der Waals surface area contributed by atoms with Gasteiger partial charge >= 0.3 is 6.18 Å². The van der Waals surface area contributed by atoms with E-state index in [0.717, 1.165) is 25.2 Å². The zero-order valence-electron chi connectivity index (χ0n) is 11.9. The lowest BCUT2D eigenvalue weighted by Gasteiger charge is -2.34. The summed E-state index contributed by atoms with van der Waals surface area (Å²) < 4.78 is 36.8. The highest BCUT2D eigenvalue weighted by Crippen LogP contribution is 2.17. The van der Waals surface area contributed by atoms with Gasteiger partial charge in [0.1, 0.15) is 0 Å². The van der Waals surface area contributed by atoms with Gasteiger partial charge in [-0.3, -0.25) is 14.8 Å². The van der Waals surface area contributed by atoms with Gasteiger partial charge in [-0.2, -0.15) is 13.2 Å². The molecule has 4 nitrogen and oxygen atoms in total. The number of halogens is 3. The fraction of sp³-hybridized carbons (Fsp3) is 0.643. The third-order valence-electron chi connectivity index (χ3n) is 3.52. The summed E-state index contributed by atoms with van der Waals surface area (Å²) >= 11 is 0. The van der Waals surface area contributed by atoms with Gasteiger partial charge in [0.15, 0.2) is 0 Å². The van der Waals surface area contributed by atoms with Crippen molar-refractivity contribution in [3.05, 3.63) is 30.1 Å². The first-order chi connectivity index (χ1) is 10.0. The maximum Gasteiger partial charge on any atom is 0.401 e. The van der Waals surface area contributed by atoms with Gasteiger partial charge in [-0.25, -0.2) is 0 Å². The molecule has 0 unspecified atom stereocenters. The quantitative estimate of drug-likeness (QED) is 0.804. The Bertz CT molecular complexity index is 402. The lowest BCUT2D eigenvalue weighted by molar-refractivity contribution is -0.149. The van der Waals surface area contributed by atoms with Crippen molar-refractivity contribution in [3.63, 3.8) is 0 Å². The Morgan fingerprint density at radius 1 is 1.14 bits per heavy atom. The van der Waals surface area contributed by atoms with Crippen LogP contribution >= 0.6 is 0 Å². The maximum atomic E-state index is 12.3. The zero-order chi connectivity index (χ0) is 15.1. The molecule has 0 saturated carbocycles. The first-order valence-corrected chi connectivity index (χ1v) is 7.14. The highest BCUT2D eigenvalue weighted by atomic mass is 19.4. The standard InChI is InChI=1S/C14H21F3N4/c15-14(16,17)12-21-8-6-20(7-9-21)5-4-19-11-13-2-1-3-18-10-13/h1-3,10,19H,4-9,11-12H2. The average Bonchev–Trinajstić information content (AvgIpc) is 2.45. The van der Waals surface area contributed by atoms with Gasteiger partial charge < -0.3 is 5.32 Å². The van der Waals surface area contributed by atoms with Crippen molar-refractivity contribution in [2.24, 2.45) is 0 Å². The minimum absolute atomic E-state index is 0.488. The maximum absolute atomic E-state index is 12.3. The summed E-state index contributed by atoms with van der Waals surface area (Å²) in [4.78, 5) is 7.71. The van der Waals surface area contributed by atoms with Gasteiger partial charge in [-0.1, -0.05) is 6.07 Å². The number of nitrogens with one attached hydrogen (secondary N) is 1. The van der Waals surface area contributed by atoms with Crippen molar-refractivity contribution in [2.45, 2.75) is 12.7 Å². The molecule has 0 atom stereocenters. The Labute approximate surface area is 122 Å². The number of hydrogen-bond acceptors (Lipinski definition) is 4. The van der Waals surface area contributed by atoms with Gasteiger partial charge in [-0.15, -0.1) is 0 Å². The first-order valence-electron chi connectivity index (χ1n) is 7.14. The number of nitrogens with zero attached hydrogens (tertiary/aromatic N) is 3. The molecule has 21 heavy (non-hydrogen) atoms. The molecule has 0 aliphatic carbocycles. The molecular weight excluding hydrogens is 281 g/mol. The molecule has 1 aliphatic rings. The average molecular weight is 302 g/mol. The van der Waals surface area contributed by atoms with E-state index in [1.807, 2.05) is 18.3 Å². The van der Waals surface area contributed by atoms with E-state index in [1.54, 1.807) is 6.20 Å². The van der Waals surface area contributed by atoms with Crippen LogP contribution in [0.25, 0.3) is 0 Å². The minimum Gasteiger partial charge on any atom is -0.311 e. The molecule has 7 heteroatoms. The summed E-state index contributed by atoms with van der Waals surface area (Å²) in [6, 6.07) is 3.91. The van der Waals surface area contributed by atoms with Crippen molar-refractivity contribution in [1.82, 2.24) is 20.1 Å². The Morgan fingerprint density at radius 2 is 1.86 bits per heavy atom. The molecule has 1 aliphatic heterocycles. The van der Waals surface area contributed by atoms with E-state index in [2.05, 4.69) is 15.2 Å². The topological polar surface area (TPSA) is 31.4 Å². The highest BCUT2D eigenvalue weighted by Gasteiger charge is 2.31. The van der Waals surface area contributed by atoms with Gasteiger partial charge in [0.25, 0.3) is 0 Å². The number of pyridine rings is 1. The molecule has 1 aromatic heterocycles. The van der Waals surface area contributed by atoms with Crippen LogP contribution in [0.5, 0.6) is 0 Å². The summed E-state index contributed by atoms with van der Waals surface area (Å²) in [5.41, 5.74) is 1.13. The Hall–Kier alpha value is -1.18. The van der Waals surface area contributed by atoms with Crippen LogP contribution in [0.3, 0.4) is 0 Å². The van der Waals surface area contributed by atoms with E-state index in [1.165, 1.54) is 4.90 Å². The fourth-order valence-corrected chi connectivity index (χ4v) is 2.40. The van der Waals surface area contributed by atoms with Gasteiger partial charge in [0, 0.05) is 58.2 Å². The second-order valence-corrected chi connectivity index (χ2v) is 5.27. The van der Waals surface area contributed by atoms with Crippen LogP contribution in [0.15, 0.2) is 24.5 Å². The van der Waals surface area contributed by atoms with Crippen molar-refractivity contribution >= 4 is 0 Å². The lowest BCUT2D eigenvalue weighted by Crippen LogP contribution is -2.50. The molecule has 0 radical (unpaired) electrons. The fourth-order valence-electron chi connectivity index (χ4n) is 2.40. The van der Waals surface area contributed by atoms with E-state index in [4.69, 9.17) is 0 Å². The lowest BCUT2D eigenvalue weighted by atomic mass is 10.3. The van der Waals surface area contributed by atoms with Gasteiger partial charge in [-0.05, 0) is 11.6 Å². The molecule has 0 bridgehead atoms. The molecule has 2 rings (SSSR count). The van der Waals surface area contributed by atoms with Crippen LogP contribution in [0.4, 0.5) is 13.2 Å². The van der Waals surface area contributed by atoms with Crippen molar-refractivity contribution < 1.29 is 13.2 Å². The molecular formula is C14H21F3N4. The van der Waals surface area contributed by atoms with Crippen LogP contribution in [-0.4, -0.2) is 66.8 Å². The Kier molecular flexibility index (Phi) is 5.96. The highest BCUT2D eigenvalue weighted by molar-refractivity contribution is 5.07. The van der Waals surface area contributed by atoms with Crippen LogP contribution in [0.2, 0.25) is 0 Å². The molecule has 2 heterocycles. The molecule has 0 aromatic carbocycles. The van der Waals surface area contributed by atoms with E-state index in [-0.39, 0.29) is 0 Å². The monoisotopic (exact) mass is 302 g/mol. The Balaban J connectivity index is 1.57. The summed E-state index contributed by atoms with van der Waals surface area (Å²) in [5, 5.41) is 3.32. The van der Waals surface area contributed by atoms with Gasteiger partial charge in [0.2, 0.25) is 0 Å². The second-order valence-electron chi connectivity index (χ2n) is 5.27. The van der Waals surface area contributed by atoms with Crippen LogP contribution in [0.1, 0.15) is 5.56 Å². The summed E-state index contributed by atoms with van der Waals surface area (Å²) in [6.45, 7) is 4.04. The number of hydrogen-bond donors (Lipinski definition) is 1. The smallest absolute Gasteiger partial charge is 0.311 e. The third-order valence-corrected chi connectivity index (χ3v) is 3.52. The minimum atomic E-state index is -4.09. The molecule has 0 amide bonds. The largest absolute Gasteiger partial charge is 0.401 e. The molecule has 1 N–H and O–H groups in total. The molecule has 118 valence electrons. The first kappa shape index (κ1) is 16.2. The predicted octanol–water partition coefficient (Wildman–Crippen LogP) is 1.35. The summed E-state index contributed by atoms with van der Waals surface area (Å²) in [5.74, 6) is 0. The number of rotatable bonds is 6. The van der Waals surface area contributed by atoms with E-state index >= 15 is 0 Å². The van der Waals surface area contributed by atoms with Crippen LogP contribution in [0, 0.1) is 0 Å². The third kappa shape index (κ3) is 6.41. The molecule has 0 spiro atoms. The summed E-state index contributed by atoms with van der Waals surface area (Å²) in [6.07, 6.45) is -0.527. The molecule has 1 fully saturated rings. The van der Waals surface area contributed by atoms with Gasteiger partial charge in [0.05, 0.1) is 6.54 Å². The second kappa shape index (κ2) is 7.72. The van der Waals surface area contributed by atoms with E-state index in [9.17, 15) is 13.2 Å². The molecule has 1 saturated heterocycles. The number of aromatic nitrogens is 1. The zero-order valence-corrected chi connectivity index (χ0v) is 11.9. The van der Waals surface area contributed by atoms with Crippen molar-refractivity contribution in [3.8, 4) is 0 Å². The normalized spacial score (nSPS) is 18.0. The van der Waals surface area contributed by atoms with Crippen LogP contribution in [-0.2, 0) is 6.54 Å². The molecule has 1 aromatic rings. The van der Waals surface area contributed by atoms with Crippen molar-refractivity contribution in [2.75, 3.05) is 45.8 Å². The Morgan fingerprint density at radius 3 is 2.48 bits per heavy atom. The van der Waals surface area contributed by atoms with E-state index < -0.39 is 12.7 Å².